The van der Waals surface area contributed by atoms with Crippen LogP contribution in [0.1, 0.15) is 30.2 Å². The highest BCUT2D eigenvalue weighted by atomic mass is 15.1. The molecule has 4 heterocycles. The third-order valence-electron chi connectivity index (χ3n) is 6.91. The summed E-state index contributed by atoms with van der Waals surface area (Å²) < 4.78 is 196. The monoisotopic (exact) mass is 585 g/mol. The van der Waals surface area contributed by atoms with Crippen LogP contribution in [0.2, 0.25) is 0 Å². The van der Waals surface area contributed by atoms with E-state index >= 15 is 0 Å². The van der Waals surface area contributed by atoms with E-state index in [2.05, 4.69) is 15.0 Å². The van der Waals surface area contributed by atoms with Gasteiger partial charge in [-0.1, -0.05) is 103 Å². The van der Waals surface area contributed by atoms with Crippen LogP contribution in [0.25, 0.3) is 77.9 Å². The lowest BCUT2D eigenvalue weighted by atomic mass is 10.1. The molecule has 44 heavy (non-hydrogen) atoms. The van der Waals surface area contributed by atoms with Crippen LogP contribution in [0.3, 0.4) is 0 Å². The number of fused-ring (bicyclic) bond motifs is 6. The Labute approximate surface area is 284 Å². The summed E-state index contributed by atoms with van der Waals surface area (Å²) in [4.78, 5) is 13.3. The molecular weight excluding hydrogens is 538 g/mol. The molecule has 0 radical (unpaired) electrons. The summed E-state index contributed by atoms with van der Waals surface area (Å²) in [5.74, 6) is -1.62. The summed E-state index contributed by atoms with van der Waals surface area (Å²) in [5.41, 5.74) is -4.21. The molecule has 0 N–H and O–H groups in total. The molecule has 0 unspecified atom stereocenters. The highest BCUT2D eigenvalue weighted by Gasteiger charge is 2.20. The molecular formula is C39H25N5. The molecule has 9 aromatic rings. The number of rotatable bonds is 4. The summed E-state index contributed by atoms with van der Waals surface area (Å²) in [6.07, 6.45) is 1.33. The third-order valence-corrected chi connectivity index (χ3v) is 6.91. The average Bonchev–Trinajstić information content (AvgIpc) is 3.84. The second kappa shape index (κ2) is 9.75. The SMILES string of the molecule is [2H]c1c(-c2c([2H])c([2H])c([2H])c([2H])c2-n2c3cccnc3c3c([2H])c([2H])c([2H])c([2H])c32)nc(-c2c([2H])c([2H])c([2H])c([2H])c2[2H])nc1-n1c2c([2H])c([2H])c([2H])c([2H])c2c2c([2H])c([2H])c([2H])c([2H])c21. The molecule has 0 saturated heterocycles. The van der Waals surface area contributed by atoms with Gasteiger partial charge < -0.3 is 4.57 Å². The maximum Gasteiger partial charge on any atom is 0.162 e. The van der Waals surface area contributed by atoms with Crippen molar-refractivity contribution < 1.29 is 30.2 Å². The van der Waals surface area contributed by atoms with Crippen molar-refractivity contribution in [3.63, 3.8) is 0 Å². The van der Waals surface area contributed by atoms with Gasteiger partial charge in [0.25, 0.3) is 0 Å². The number of nitrogens with zero attached hydrogens (tertiary/aromatic N) is 5. The summed E-state index contributed by atoms with van der Waals surface area (Å²) in [5, 5.41) is -1.04. The molecule has 206 valence electrons. The normalized spacial score (nSPS) is 18.6. The first kappa shape index (κ1) is 11.2. The lowest BCUT2D eigenvalue weighted by Gasteiger charge is -2.16. The molecule has 0 aliphatic heterocycles. The van der Waals surface area contributed by atoms with E-state index in [1.54, 1.807) is 0 Å². The zero-order valence-corrected chi connectivity index (χ0v) is 22.0. The number of para-hydroxylation sites is 4. The quantitative estimate of drug-likeness (QED) is 0.207. The Kier molecular flexibility index (Phi) is 2.48. The van der Waals surface area contributed by atoms with E-state index in [1.807, 2.05) is 0 Å². The molecule has 5 nitrogen and oxygen atoms in total. The molecule has 0 amide bonds. The number of hydrogen-bond acceptors (Lipinski definition) is 3. The molecule has 0 bridgehead atoms. The van der Waals surface area contributed by atoms with Gasteiger partial charge in [-0.2, -0.15) is 0 Å². The molecule has 0 aliphatic carbocycles. The van der Waals surface area contributed by atoms with Crippen molar-refractivity contribution in [3.05, 3.63) is 151 Å². The molecule has 0 atom stereocenters. The van der Waals surface area contributed by atoms with Crippen molar-refractivity contribution in [2.45, 2.75) is 0 Å². The van der Waals surface area contributed by atoms with Gasteiger partial charge in [0, 0.05) is 39.5 Å². The number of hydrogen-bond donors (Lipinski definition) is 0. The van der Waals surface area contributed by atoms with Crippen molar-refractivity contribution in [2.24, 2.45) is 0 Å². The van der Waals surface area contributed by atoms with Crippen molar-refractivity contribution in [3.8, 4) is 34.2 Å². The predicted molar refractivity (Wildman–Crippen MR) is 179 cm³/mol. The second-order valence-electron chi connectivity index (χ2n) is 9.28. The van der Waals surface area contributed by atoms with Crippen molar-refractivity contribution in [1.82, 2.24) is 24.1 Å². The number of aromatic nitrogens is 5. The Morgan fingerprint density at radius 2 is 1.16 bits per heavy atom. The Morgan fingerprint density at radius 3 is 1.91 bits per heavy atom. The number of pyridine rings is 1. The zero-order chi connectivity index (χ0) is 48.2. The Bertz CT molecular complexity index is 3640. The lowest BCUT2D eigenvalue weighted by Crippen LogP contribution is -2.04. The van der Waals surface area contributed by atoms with Gasteiger partial charge in [-0.3, -0.25) is 9.55 Å². The van der Waals surface area contributed by atoms with Crippen LogP contribution in [0.15, 0.2) is 151 Å². The second-order valence-corrected chi connectivity index (χ2v) is 9.28. The van der Waals surface area contributed by atoms with Gasteiger partial charge in [0.2, 0.25) is 0 Å². The van der Waals surface area contributed by atoms with Crippen molar-refractivity contribution >= 4 is 43.7 Å². The molecule has 9 rings (SSSR count). The van der Waals surface area contributed by atoms with E-state index in [9.17, 15) is 4.11 Å². The lowest BCUT2D eigenvalue weighted by molar-refractivity contribution is 1.04. The minimum atomic E-state index is -0.947. The van der Waals surface area contributed by atoms with Crippen LogP contribution >= 0.6 is 0 Å². The van der Waals surface area contributed by atoms with Crippen LogP contribution in [0.5, 0.6) is 0 Å². The standard InChI is InChI=1S/C39H25N5/c1-2-13-26(14-3-1)39-41-31(25-37(42-39)44-32-19-8-4-15-27(32)28-16-5-9-20-33(28)44)29-17-6-10-21-34(29)43-35-22-11-7-18-30(35)38-36(43)23-12-24-40-38/h1-25H/i1D,2D,3D,4D,5D,6D,7D,8D,9D,10D,11D,13D,14D,15D,16D,17D,18D,19D,20D,21D,22D,25D. The molecule has 0 aliphatic rings. The van der Waals surface area contributed by atoms with E-state index < -0.39 is 189 Å². The zero-order valence-electron chi connectivity index (χ0n) is 44.0. The maximum atomic E-state index is 9.89. The minimum absolute atomic E-state index is 0.00757. The largest absolute Gasteiger partial charge is 0.307 e. The highest BCUT2D eigenvalue weighted by Crippen LogP contribution is 2.37. The van der Waals surface area contributed by atoms with Crippen LogP contribution < -0.4 is 0 Å². The smallest absolute Gasteiger partial charge is 0.162 e. The summed E-state index contributed by atoms with van der Waals surface area (Å²) in [6, 6.07) is -15.0. The van der Waals surface area contributed by atoms with Crippen LogP contribution in [0, 0.1) is 0 Å². The van der Waals surface area contributed by atoms with Crippen LogP contribution in [-0.2, 0) is 0 Å². The average molecular weight is 586 g/mol. The molecule has 5 heteroatoms. The summed E-state index contributed by atoms with van der Waals surface area (Å²) in [6.45, 7) is 0. The summed E-state index contributed by atoms with van der Waals surface area (Å²) in [7, 11) is 0. The van der Waals surface area contributed by atoms with Gasteiger partial charge in [-0.25, -0.2) is 9.97 Å². The van der Waals surface area contributed by atoms with E-state index in [1.165, 1.54) is 18.3 Å². The van der Waals surface area contributed by atoms with Gasteiger partial charge in [0.1, 0.15) is 5.82 Å². The third kappa shape index (κ3) is 3.69. The number of benzene rings is 5. The van der Waals surface area contributed by atoms with Gasteiger partial charge >= 0.3 is 0 Å². The topological polar surface area (TPSA) is 48.5 Å². The molecule has 4 aromatic heterocycles. The first-order valence-electron chi connectivity index (χ1n) is 23.9. The van der Waals surface area contributed by atoms with Crippen LogP contribution in [-0.4, -0.2) is 24.1 Å². The molecule has 0 fully saturated rings. The first-order valence-corrected chi connectivity index (χ1v) is 12.9. The van der Waals surface area contributed by atoms with Crippen molar-refractivity contribution in [1.29, 1.82) is 0 Å². The van der Waals surface area contributed by atoms with Gasteiger partial charge in [-0.15, -0.1) is 0 Å². The fourth-order valence-electron chi connectivity index (χ4n) is 5.14. The summed E-state index contributed by atoms with van der Waals surface area (Å²) >= 11 is 0. The van der Waals surface area contributed by atoms with E-state index in [4.69, 9.17) is 26.0 Å². The fraction of sp³-hybridized carbons (Fsp3) is 0. The van der Waals surface area contributed by atoms with Gasteiger partial charge in [0.15, 0.2) is 5.82 Å². The first-order chi connectivity index (χ1) is 31.0. The van der Waals surface area contributed by atoms with Crippen LogP contribution in [0.4, 0.5) is 0 Å². The van der Waals surface area contributed by atoms with Crippen molar-refractivity contribution in [2.75, 3.05) is 0 Å². The van der Waals surface area contributed by atoms with E-state index in [0.29, 0.717) is 0 Å². The Morgan fingerprint density at radius 1 is 0.545 bits per heavy atom. The molecule has 5 aromatic carbocycles. The maximum absolute atomic E-state index is 9.89. The van der Waals surface area contributed by atoms with E-state index in [0.717, 1.165) is 9.13 Å². The minimum Gasteiger partial charge on any atom is -0.307 e. The highest BCUT2D eigenvalue weighted by molar-refractivity contribution is 6.09. The Balaban J connectivity index is 1.59. The molecule has 0 saturated carbocycles. The Hall–Kier alpha value is -6.07. The van der Waals surface area contributed by atoms with Gasteiger partial charge in [0.05, 0.1) is 69.1 Å². The molecule has 0 spiro atoms. The fourth-order valence-corrected chi connectivity index (χ4v) is 5.14. The predicted octanol–water partition coefficient (Wildman–Crippen LogP) is 9.40. The van der Waals surface area contributed by atoms with Gasteiger partial charge in [-0.05, 0) is 36.3 Å². The van der Waals surface area contributed by atoms with E-state index in [-0.39, 0.29) is 21.9 Å².